The van der Waals surface area contributed by atoms with Crippen LogP contribution < -0.4 is 10.1 Å². The summed E-state index contributed by atoms with van der Waals surface area (Å²) in [6.07, 6.45) is 3.15. The Balaban J connectivity index is 1.89. The molecule has 1 N–H and O–H groups in total. The fraction of sp³-hybridized carbons (Fsp3) is 0.471. The molecule has 0 saturated carbocycles. The Kier molecular flexibility index (Phi) is 7.11. The number of methoxy groups -OCH3 is 1. The number of rotatable bonds is 9. The Labute approximate surface area is 147 Å². The van der Waals surface area contributed by atoms with Crippen LogP contribution in [0.4, 0.5) is 5.69 Å². The summed E-state index contributed by atoms with van der Waals surface area (Å²) in [5.41, 5.74) is 0.752. The molecule has 2 rings (SSSR count). The fourth-order valence-corrected chi connectivity index (χ4v) is 3.09. The lowest BCUT2D eigenvalue weighted by Crippen LogP contribution is -2.14. The van der Waals surface area contributed by atoms with Crippen LogP contribution in [0, 0.1) is 0 Å². The molecule has 0 aliphatic heterocycles. The number of unbranched alkanes of at least 4 members (excludes halogenated alkanes) is 1. The standard InChI is InChI=1S/C17H24N4O2S/c1-4-6-7-15-19-20-17(21(15)5-2)24-12-16(22)18-13-8-10-14(23-3)11-9-13/h8-11H,4-7,12H2,1-3H3,(H,18,22). The zero-order chi connectivity index (χ0) is 17.4. The number of benzene rings is 1. The van der Waals surface area contributed by atoms with Gasteiger partial charge in [-0.25, -0.2) is 0 Å². The van der Waals surface area contributed by atoms with Gasteiger partial charge in [0.05, 0.1) is 12.9 Å². The first kappa shape index (κ1) is 18.3. The number of carbonyl (C=O) groups is 1. The second kappa shape index (κ2) is 9.32. The van der Waals surface area contributed by atoms with Gasteiger partial charge in [0, 0.05) is 18.7 Å². The number of aromatic nitrogens is 3. The molecule has 0 aliphatic carbocycles. The molecule has 1 aromatic carbocycles. The Morgan fingerprint density at radius 2 is 2.00 bits per heavy atom. The molecule has 130 valence electrons. The molecule has 1 heterocycles. The Morgan fingerprint density at radius 3 is 2.62 bits per heavy atom. The number of hydrogen-bond acceptors (Lipinski definition) is 5. The van der Waals surface area contributed by atoms with E-state index in [0.29, 0.717) is 5.75 Å². The van der Waals surface area contributed by atoms with E-state index >= 15 is 0 Å². The largest absolute Gasteiger partial charge is 0.497 e. The molecule has 0 spiro atoms. The average molecular weight is 348 g/mol. The Hall–Kier alpha value is -2.02. The van der Waals surface area contributed by atoms with Crippen molar-refractivity contribution in [1.82, 2.24) is 14.8 Å². The number of nitrogens with zero attached hydrogens (tertiary/aromatic N) is 3. The number of aryl methyl sites for hydroxylation is 1. The van der Waals surface area contributed by atoms with Gasteiger partial charge in [-0.3, -0.25) is 4.79 Å². The van der Waals surface area contributed by atoms with Crippen LogP contribution in [-0.2, 0) is 17.8 Å². The van der Waals surface area contributed by atoms with E-state index in [2.05, 4.69) is 33.9 Å². The van der Waals surface area contributed by atoms with Gasteiger partial charge in [0.1, 0.15) is 11.6 Å². The van der Waals surface area contributed by atoms with Crippen LogP contribution in [0.3, 0.4) is 0 Å². The highest BCUT2D eigenvalue weighted by Gasteiger charge is 2.13. The monoisotopic (exact) mass is 348 g/mol. The van der Waals surface area contributed by atoms with Gasteiger partial charge in [-0.1, -0.05) is 25.1 Å². The molecule has 1 aromatic heterocycles. The van der Waals surface area contributed by atoms with Gasteiger partial charge >= 0.3 is 0 Å². The van der Waals surface area contributed by atoms with Crippen LogP contribution in [0.2, 0.25) is 0 Å². The van der Waals surface area contributed by atoms with Gasteiger partial charge < -0.3 is 14.6 Å². The topological polar surface area (TPSA) is 69.0 Å². The molecular weight excluding hydrogens is 324 g/mol. The normalized spacial score (nSPS) is 10.6. The minimum Gasteiger partial charge on any atom is -0.497 e. The molecular formula is C17H24N4O2S. The Bertz CT molecular complexity index is 655. The van der Waals surface area contributed by atoms with E-state index in [1.165, 1.54) is 11.8 Å². The number of carbonyl (C=O) groups excluding carboxylic acids is 1. The molecule has 0 bridgehead atoms. The van der Waals surface area contributed by atoms with Crippen molar-refractivity contribution in [3.8, 4) is 5.75 Å². The smallest absolute Gasteiger partial charge is 0.234 e. The number of ether oxygens (including phenoxy) is 1. The first-order chi connectivity index (χ1) is 11.7. The van der Waals surface area contributed by atoms with E-state index in [-0.39, 0.29) is 5.91 Å². The van der Waals surface area contributed by atoms with Crippen LogP contribution in [0.1, 0.15) is 32.5 Å². The van der Waals surface area contributed by atoms with Crippen LogP contribution >= 0.6 is 11.8 Å². The second-order valence-corrected chi connectivity index (χ2v) is 6.25. The summed E-state index contributed by atoms with van der Waals surface area (Å²) in [5.74, 6) is 2.00. The zero-order valence-corrected chi connectivity index (χ0v) is 15.2. The number of nitrogens with one attached hydrogen (secondary N) is 1. The molecule has 24 heavy (non-hydrogen) atoms. The zero-order valence-electron chi connectivity index (χ0n) is 14.4. The van der Waals surface area contributed by atoms with Gasteiger partial charge in [-0.05, 0) is 37.6 Å². The van der Waals surface area contributed by atoms with Gasteiger partial charge in [0.2, 0.25) is 5.91 Å². The molecule has 0 unspecified atom stereocenters. The summed E-state index contributed by atoms with van der Waals surface area (Å²) in [6, 6.07) is 7.27. The predicted octanol–water partition coefficient (Wildman–Crippen LogP) is 3.38. The van der Waals surface area contributed by atoms with Crippen molar-refractivity contribution >= 4 is 23.4 Å². The predicted molar refractivity (Wildman–Crippen MR) is 96.7 cm³/mol. The third-order valence-corrected chi connectivity index (χ3v) is 4.54. The molecule has 0 fully saturated rings. The number of anilines is 1. The third kappa shape index (κ3) is 4.99. The minimum atomic E-state index is -0.0640. The molecule has 1 amide bonds. The summed E-state index contributed by atoms with van der Waals surface area (Å²) in [5, 5.41) is 12.1. The molecule has 0 saturated heterocycles. The highest BCUT2D eigenvalue weighted by Crippen LogP contribution is 2.19. The van der Waals surface area contributed by atoms with Crippen molar-refractivity contribution in [3.63, 3.8) is 0 Å². The van der Waals surface area contributed by atoms with Crippen LogP contribution in [0.5, 0.6) is 5.75 Å². The lowest BCUT2D eigenvalue weighted by Gasteiger charge is -2.08. The summed E-state index contributed by atoms with van der Waals surface area (Å²) in [6.45, 7) is 5.04. The van der Waals surface area contributed by atoms with Crippen LogP contribution in [-0.4, -0.2) is 33.5 Å². The van der Waals surface area contributed by atoms with Crippen molar-refractivity contribution in [2.24, 2.45) is 0 Å². The van der Waals surface area contributed by atoms with Crippen LogP contribution in [0.15, 0.2) is 29.4 Å². The highest BCUT2D eigenvalue weighted by atomic mass is 32.2. The maximum Gasteiger partial charge on any atom is 0.234 e. The number of amides is 1. The first-order valence-electron chi connectivity index (χ1n) is 8.16. The van der Waals surface area contributed by atoms with Crippen LogP contribution in [0.25, 0.3) is 0 Å². The van der Waals surface area contributed by atoms with Crippen molar-refractivity contribution in [2.45, 2.75) is 44.8 Å². The molecule has 6 nitrogen and oxygen atoms in total. The van der Waals surface area contributed by atoms with Gasteiger partial charge in [-0.2, -0.15) is 0 Å². The van der Waals surface area contributed by atoms with E-state index < -0.39 is 0 Å². The lowest BCUT2D eigenvalue weighted by molar-refractivity contribution is -0.113. The quantitative estimate of drug-likeness (QED) is 0.704. The number of thioether (sulfide) groups is 1. The van der Waals surface area contributed by atoms with Gasteiger partial charge in [0.25, 0.3) is 0 Å². The van der Waals surface area contributed by atoms with Gasteiger partial charge in [0.15, 0.2) is 5.16 Å². The molecule has 0 radical (unpaired) electrons. The molecule has 2 aromatic rings. The first-order valence-corrected chi connectivity index (χ1v) is 9.15. The minimum absolute atomic E-state index is 0.0640. The highest BCUT2D eigenvalue weighted by molar-refractivity contribution is 7.99. The van der Waals surface area contributed by atoms with Crippen molar-refractivity contribution in [3.05, 3.63) is 30.1 Å². The molecule has 0 atom stereocenters. The van der Waals surface area contributed by atoms with E-state index in [0.717, 1.165) is 48.2 Å². The maximum atomic E-state index is 12.1. The third-order valence-electron chi connectivity index (χ3n) is 3.57. The van der Waals surface area contributed by atoms with E-state index in [9.17, 15) is 4.79 Å². The Morgan fingerprint density at radius 1 is 1.25 bits per heavy atom. The summed E-state index contributed by atoms with van der Waals surface area (Å²) in [4.78, 5) is 12.1. The van der Waals surface area contributed by atoms with Crippen molar-refractivity contribution in [1.29, 1.82) is 0 Å². The van der Waals surface area contributed by atoms with E-state index in [4.69, 9.17) is 4.74 Å². The van der Waals surface area contributed by atoms with E-state index in [1.54, 1.807) is 7.11 Å². The SMILES string of the molecule is CCCCc1nnc(SCC(=O)Nc2ccc(OC)cc2)n1CC. The lowest BCUT2D eigenvalue weighted by atomic mass is 10.2. The summed E-state index contributed by atoms with van der Waals surface area (Å²) in [7, 11) is 1.61. The maximum absolute atomic E-state index is 12.1. The molecule has 0 aliphatic rings. The number of hydrogen-bond donors (Lipinski definition) is 1. The van der Waals surface area contributed by atoms with E-state index in [1.807, 2.05) is 24.3 Å². The summed E-state index contributed by atoms with van der Waals surface area (Å²) < 4.78 is 7.18. The second-order valence-electron chi connectivity index (χ2n) is 5.31. The molecule has 7 heteroatoms. The average Bonchev–Trinajstić information content (AvgIpc) is 3.00. The van der Waals surface area contributed by atoms with Crippen molar-refractivity contribution < 1.29 is 9.53 Å². The van der Waals surface area contributed by atoms with Crippen molar-refractivity contribution in [2.75, 3.05) is 18.2 Å². The fourth-order valence-electron chi connectivity index (χ4n) is 2.26. The summed E-state index contributed by atoms with van der Waals surface area (Å²) >= 11 is 1.41. The van der Waals surface area contributed by atoms with Gasteiger partial charge in [-0.15, -0.1) is 10.2 Å².